The number of imidazole rings is 1. The van der Waals surface area contributed by atoms with Crippen LogP contribution in [0, 0.1) is 0 Å². The molecule has 17 heavy (non-hydrogen) atoms. The Bertz CT molecular complexity index is 328. The van der Waals surface area contributed by atoms with E-state index in [1.165, 1.54) is 25.8 Å². The fourth-order valence-corrected chi connectivity index (χ4v) is 2.59. The normalized spacial score (nSPS) is 20.5. The van der Waals surface area contributed by atoms with E-state index >= 15 is 0 Å². The highest BCUT2D eigenvalue weighted by atomic mass is 15.3. The van der Waals surface area contributed by atoms with Gasteiger partial charge in [-0.05, 0) is 32.7 Å². The van der Waals surface area contributed by atoms with Crippen molar-refractivity contribution in [3.63, 3.8) is 0 Å². The van der Waals surface area contributed by atoms with Crippen molar-refractivity contribution in [2.45, 2.75) is 45.7 Å². The fourth-order valence-electron chi connectivity index (χ4n) is 2.59. The maximum Gasteiger partial charge on any atom is 0.205 e. The van der Waals surface area contributed by atoms with Crippen molar-refractivity contribution in [3.05, 3.63) is 12.4 Å². The number of nitrogens with one attached hydrogen (secondary N) is 1. The van der Waals surface area contributed by atoms with Crippen molar-refractivity contribution in [1.29, 1.82) is 0 Å². The highest BCUT2D eigenvalue weighted by Gasteiger charge is 2.23. The Morgan fingerprint density at radius 3 is 3.06 bits per heavy atom. The largest absolute Gasteiger partial charge is 0.338 e. The van der Waals surface area contributed by atoms with Gasteiger partial charge >= 0.3 is 0 Å². The first-order valence-electron chi connectivity index (χ1n) is 6.85. The molecule has 1 aliphatic heterocycles. The van der Waals surface area contributed by atoms with E-state index in [0.717, 1.165) is 25.6 Å². The van der Waals surface area contributed by atoms with Gasteiger partial charge in [0, 0.05) is 38.1 Å². The van der Waals surface area contributed by atoms with Crippen molar-refractivity contribution >= 4 is 5.95 Å². The first kappa shape index (κ1) is 12.4. The van der Waals surface area contributed by atoms with Crippen LogP contribution in [0.2, 0.25) is 0 Å². The van der Waals surface area contributed by atoms with Gasteiger partial charge in [-0.25, -0.2) is 4.98 Å². The molecule has 1 aliphatic rings. The monoisotopic (exact) mass is 236 g/mol. The molecule has 0 radical (unpaired) electrons. The number of piperidine rings is 1. The summed E-state index contributed by atoms with van der Waals surface area (Å²) in [5, 5.41) is 3.49. The number of nitrogens with zero attached hydrogens (tertiary/aromatic N) is 3. The Kier molecular flexibility index (Phi) is 4.42. The van der Waals surface area contributed by atoms with Crippen LogP contribution in [0.4, 0.5) is 5.95 Å². The number of rotatable bonds is 5. The number of hydrogen-bond donors (Lipinski definition) is 1. The molecule has 4 nitrogen and oxygen atoms in total. The maximum atomic E-state index is 4.54. The predicted octanol–water partition coefficient (Wildman–Crippen LogP) is 1.87. The molecule has 0 aromatic carbocycles. The fraction of sp³-hybridized carbons (Fsp3) is 0.769. The number of anilines is 1. The van der Waals surface area contributed by atoms with Crippen molar-refractivity contribution in [3.8, 4) is 0 Å². The zero-order chi connectivity index (χ0) is 12.1. The summed E-state index contributed by atoms with van der Waals surface area (Å²) in [7, 11) is 0. The third-order valence-corrected chi connectivity index (χ3v) is 3.47. The van der Waals surface area contributed by atoms with Crippen LogP contribution < -0.4 is 10.2 Å². The van der Waals surface area contributed by atoms with Gasteiger partial charge in [0.05, 0.1) is 0 Å². The van der Waals surface area contributed by atoms with Crippen molar-refractivity contribution < 1.29 is 0 Å². The third kappa shape index (κ3) is 2.80. The summed E-state index contributed by atoms with van der Waals surface area (Å²) in [6.07, 6.45) is 7.72. The lowest BCUT2D eigenvalue weighted by Crippen LogP contribution is -2.47. The highest BCUT2D eigenvalue weighted by Crippen LogP contribution is 2.19. The quantitative estimate of drug-likeness (QED) is 0.847. The van der Waals surface area contributed by atoms with E-state index in [1.54, 1.807) is 0 Å². The molecule has 2 heterocycles. The standard InChI is InChI=1S/C13H24N4/c1-3-9-17(12-6-5-7-14-11-12)13-15-8-10-16(13)4-2/h8,10,12,14H,3-7,9,11H2,1-2H3. The number of aromatic nitrogens is 2. The molecule has 1 N–H and O–H groups in total. The average Bonchev–Trinajstić information content (AvgIpc) is 2.85. The SMILES string of the molecule is CCCN(c1nccn1CC)C1CCCNC1. The summed E-state index contributed by atoms with van der Waals surface area (Å²) in [5.74, 6) is 1.14. The van der Waals surface area contributed by atoms with Crippen molar-refractivity contribution in [1.82, 2.24) is 14.9 Å². The minimum absolute atomic E-state index is 0.608. The topological polar surface area (TPSA) is 33.1 Å². The zero-order valence-electron chi connectivity index (χ0n) is 11.0. The van der Waals surface area contributed by atoms with Gasteiger partial charge in [0.1, 0.15) is 0 Å². The van der Waals surface area contributed by atoms with Crippen LogP contribution in [0.1, 0.15) is 33.1 Å². The molecule has 1 unspecified atom stereocenters. The van der Waals surface area contributed by atoms with Crippen LogP contribution in [0.3, 0.4) is 0 Å². The molecule has 0 spiro atoms. The van der Waals surface area contributed by atoms with E-state index in [4.69, 9.17) is 0 Å². The van der Waals surface area contributed by atoms with Crippen molar-refractivity contribution in [2.75, 3.05) is 24.5 Å². The second kappa shape index (κ2) is 6.05. The van der Waals surface area contributed by atoms with Gasteiger partial charge in [0.25, 0.3) is 0 Å². The minimum atomic E-state index is 0.608. The second-order valence-corrected chi connectivity index (χ2v) is 4.71. The molecule has 1 fully saturated rings. The van der Waals surface area contributed by atoms with Crippen molar-refractivity contribution in [2.24, 2.45) is 0 Å². The molecule has 1 atom stereocenters. The molecular weight excluding hydrogens is 212 g/mol. The minimum Gasteiger partial charge on any atom is -0.338 e. The lowest BCUT2D eigenvalue weighted by Gasteiger charge is -2.35. The Morgan fingerprint density at radius 1 is 1.53 bits per heavy atom. The summed E-state index contributed by atoms with van der Waals surface area (Å²) < 4.78 is 2.24. The van der Waals surface area contributed by atoms with Crippen LogP contribution in [-0.4, -0.2) is 35.2 Å². The second-order valence-electron chi connectivity index (χ2n) is 4.71. The van der Waals surface area contributed by atoms with E-state index in [2.05, 4.69) is 39.8 Å². The first-order chi connectivity index (χ1) is 8.36. The van der Waals surface area contributed by atoms with Gasteiger partial charge in [0.15, 0.2) is 0 Å². The average molecular weight is 236 g/mol. The third-order valence-electron chi connectivity index (χ3n) is 3.47. The van der Waals surface area contributed by atoms with Crippen LogP contribution in [-0.2, 0) is 6.54 Å². The Hall–Kier alpha value is -1.03. The summed E-state index contributed by atoms with van der Waals surface area (Å²) in [6.45, 7) is 8.77. The van der Waals surface area contributed by atoms with Gasteiger partial charge in [-0.2, -0.15) is 0 Å². The molecule has 0 amide bonds. The molecule has 4 heteroatoms. The molecule has 0 saturated carbocycles. The lowest BCUT2D eigenvalue weighted by molar-refractivity contribution is 0.423. The van der Waals surface area contributed by atoms with E-state index in [-0.39, 0.29) is 0 Å². The molecule has 1 aromatic heterocycles. The van der Waals surface area contributed by atoms with Crippen LogP contribution in [0.25, 0.3) is 0 Å². The molecule has 2 rings (SSSR count). The predicted molar refractivity (Wildman–Crippen MR) is 71.4 cm³/mol. The molecule has 1 saturated heterocycles. The van der Waals surface area contributed by atoms with E-state index in [1.807, 2.05) is 6.20 Å². The van der Waals surface area contributed by atoms with E-state index in [9.17, 15) is 0 Å². The van der Waals surface area contributed by atoms with Crippen LogP contribution in [0.5, 0.6) is 0 Å². The van der Waals surface area contributed by atoms with Gasteiger partial charge in [-0.15, -0.1) is 0 Å². The molecular formula is C13H24N4. The maximum absolute atomic E-state index is 4.54. The summed E-state index contributed by atoms with van der Waals surface area (Å²) in [4.78, 5) is 7.02. The summed E-state index contributed by atoms with van der Waals surface area (Å²) >= 11 is 0. The molecule has 1 aromatic rings. The van der Waals surface area contributed by atoms with Gasteiger partial charge in [-0.3, -0.25) is 0 Å². The Balaban J connectivity index is 2.15. The summed E-state index contributed by atoms with van der Waals surface area (Å²) in [6, 6.07) is 0.608. The van der Waals surface area contributed by atoms with Crippen LogP contribution in [0.15, 0.2) is 12.4 Å². The Labute approximate surface area is 104 Å². The van der Waals surface area contributed by atoms with E-state index < -0.39 is 0 Å². The van der Waals surface area contributed by atoms with Gasteiger partial charge in [0.2, 0.25) is 5.95 Å². The molecule has 96 valence electrons. The molecule has 0 aliphatic carbocycles. The van der Waals surface area contributed by atoms with Gasteiger partial charge in [-0.1, -0.05) is 6.92 Å². The highest BCUT2D eigenvalue weighted by molar-refractivity contribution is 5.33. The van der Waals surface area contributed by atoms with Crippen LogP contribution >= 0.6 is 0 Å². The molecule has 0 bridgehead atoms. The lowest BCUT2D eigenvalue weighted by atomic mass is 10.1. The smallest absolute Gasteiger partial charge is 0.205 e. The number of hydrogen-bond acceptors (Lipinski definition) is 3. The Morgan fingerprint density at radius 2 is 2.41 bits per heavy atom. The zero-order valence-corrected chi connectivity index (χ0v) is 11.0. The first-order valence-corrected chi connectivity index (χ1v) is 6.85. The van der Waals surface area contributed by atoms with Gasteiger partial charge < -0.3 is 14.8 Å². The van der Waals surface area contributed by atoms with E-state index in [0.29, 0.717) is 6.04 Å². The number of aryl methyl sites for hydroxylation is 1. The summed E-state index contributed by atoms with van der Waals surface area (Å²) in [5.41, 5.74) is 0.